The number of carbonyl (C=O) groups is 2. The predicted octanol–water partition coefficient (Wildman–Crippen LogP) is 6.09. The van der Waals surface area contributed by atoms with Gasteiger partial charge in [0, 0.05) is 33.2 Å². The topological polar surface area (TPSA) is 86.8 Å². The Bertz CT molecular complexity index is 1430. The van der Waals surface area contributed by atoms with Crippen LogP contribution in [0.2, 0.25) is 15.1 Å². The molecule has 0 heterocycles. The maximum atomic E-state index is 13.9. The molecule has 0 saturated carbocycles. The Morgan fingerprint density at radius 2 is 1.49 bits per heavy atom. The van der Waals surface area contributed by atoms with Crippen LogP contribution in [0, 0.1) is 6.92 Å². The molecule has 0 fully saturated rings. The molecular weight excluding hydrogens is 581 g/mol. The summed E-state index contributed by atoms with van der Waals surface area (Å²) in [5, 5.41) is 3.78. The zero-order valence-electron chi connectivity index (χ0n) is 22.0. The molecule has 3 aromatic rings. The van der Waals surface area contributed by atoms with Gasteiger partial charge >= 0.3 is 0 Å². The highest BCUT2D eigenvalue weighted by Crippen LogP contribution is 2.30. The Morgan fingerprint density at radius 3 is 2.05 bits per heavy atom. The molecule has 3 aromatic carbocycles. The van der Waals surface area contributed by atoms with Crippen molar-refractivity contribution in [2.75, 3.05) is 10.8 Å². The predicted molar refractivity (Wildman–Crippen MR) is 157 cm³/mol. The first kappa shape index (κ1) is 30.8. The fraction of sp³-hybridized carbons (Fsp3) is 0.286. The summed E-state index contributed by atoms with van der Waals surface area (Å²) in [6.07, 6.45) is 0. The molecule has 0 saturated heterocycles. The van der Waals surface area contributed by atoms with Crippen LogP contribution < -0.4 is 9.62 Å². The molecule has 2 amide bonds. The molecule has 1 N–H and O–H groups in total. The van der Waals surface area contributed by atoms with Crippen LogP contribution in [0.4, 0.5) is 5.69 Å². The van der Waals surface area contributed by atoms with Gasteiger partial charge in [-0.05, 0) is 69.7 Å². The lowest BCUT2D eigenvalue weighted by Crippen LogP contribution is -2.52. The molecule has 208 valence electrons. The van der Waals surface area contributed by atoms with Gasteiger partial charge in [-0.1, -0.05) is 65.1 Å². The Morgan fingerprint density at radius 1 is 0.872 bits per heavy atom. The lowest BCUT2D eigenvalue weighted by molar-refractivity contribution is -0.139. The average molecular weight is 611 g/mol. The van der Waals surface area contributed by atoms with Crippen molar-refractivity contribution >= 4 is 62.3 Å². The molecule has 0 spiro atoms. The standard InChI is InChI=1S/C28H30Cl3N3O4S/c1-18(2)32-28(36)20(4)33(16-23-24(29)11-8-12-25(23)30)27(35)17-34(21-14-13-19(3)26(31)15-21)39(37,38)22-9-6-5-7-10-22/h5-15,18,20H,16-17H2,1-4H3,(H,32,36)/t20-/m1/s1. The number of anilines is 1. The van der Waals surface area contributed by atoms with Crippen molar-refractivity contribution in [3.05, 3.63) is 92.9 Å². The van der Waals surface area contributed by atoms with Gasteiger partial charge in [0.15, 0.2) is 0 Å². The third kappa shape index (κ3) is 7.45. The maximum Gasteiger partial charge on any atom is 0.264 e. The zero-order chi connectivity index (χ0) is 28.9. The maximum absolute atomic E-state index is 13.9. The van der Waals surface area contributed by atoms with Gasteiger partial charge in [0.2, 0.25) is 11.8 Å². The first-order valence-electron chi connectivity index (χ1n) is 12.2. The van der Waals surface area contributed by atoms with Crippen LogP contribution in [0.25, 0.3) is 0 Å². The molecule has 0 aliphatic heterocycles. The molecule has 0 aliphatic carbocycles. The molecule has 11 heteroatoms. The second-order valence-corrected chi connectivity index (χ2v) is 12.4. The number of rotatable bonds is 10. The van der Waals surface area contributed by atoms with Gasteiger partial charge in [-0.3, -0.25) is 13.9 Å². The highest BCUT2D eigenvalue weighted by atomic mass is 35.5. The van der Waals surface area contributed by atoms with Gasteiger partial charge in [0.25, 0.3) is 10.0 Å². The number of benzene rings is 3. The largest absolute Gasteiger partial charge is 0.352 e. The summed E-state index contributed by atoms with van der Waals surface area (Å²) in [6, 6.07) is 16.3. The van der Waals surface area contributed by atoms with Crippen molar-refractivity contribution in [3.63, 3.8) is 0 Å². The number of hydrogen-bond donors (Lipinski definition) is 1. The van der Waals surface area contributed by atoms with Crippen molar-refractivity contribution in [2.24, 2.45) is 0 Å². The van der Waals surface area contributed by atoms with E-state index < -0.39 is 34.4 Å². The van der Waals surface area contributed by atoms with E-state index in [9.17, 15) is 18.0 Å². The monoisotopic (exact) mass is 609 g/mol. The summed E-state index contributed by atoms with van der Waals surface area (Å²) in [6.45, 7) is 6.25. The van der Waals surface area contributed by atoms with E-state index in [-0.39, 0.29) is 23.2 Å². The minimum absolute atomic E-state index is 0.000736. The Labute approximate surface area is 244 Å². The van der Waals surface area contributed by atoms with Crippen molar-refractivity contribution in [2.45, 2.75) is 51.2 Å². The van der Waals surface area contributed by atoms with Crippen LogP contribution >= 0.6 is 34.8 Å². The van der Waals surface area contributed by atoms with E-state index in [0.717, 1.165) is 9.87 Å². The van der Waals surface area contributed by atoms with E-state index in [0.29, 0.717) is 20.6 Å². The number of nitrogens with zero attached hydrogens (tertiary/aromatic N) is 2. The molecule has 0 radical (unpaired) electrons. The Hall–Kier alpha value is -2.78. The summed E-state index contributed by atoms with van der Waals surface area (Å²) >= 11 is 19.1. The van der Waals surface area contributed by atoms with E-state index in [1.54, 1.807) is 76.2 Å². The molecular formula is C28H30Cl3N3O4S. The Kier molecular flexibility index (Phi) is 10.3. The summed E-state index contributed by atoms with van der Waals surface area (Å²) in [5.74, 6) is -1.04. The van der Waals surface area contributed by atoms with Gasteiger partial charge in [-0.2, -0.15) is 0 Å². The molecule has 0 bridgehead atoms. The SMILES string of the molecule is Cc1ccc(N(CC(=O)N(Cc2c(Cl)cccc2Cl)[C@H](C)C(=O)NC(C)C)S(=O)(=O)c2ccccc2)cc1Cl. The van der Waals surface area contributed by atoms with E-state index in [1.807, 2.05) is 0 Å². The van der Waals surface area contributed by atoms with Gasteiger partial charge in [0.05, 0.1) is 10.6 Å². The third-order valence-corrected chi connectivity index (χ3v) is 8.95. The highest BCUT2D eigenvalue weighted by molar-refractivity contribution is 7.92. The normalized spacial score (nSPS) is 12.2. The summed E-state index contributed by atoms with van der Waals surface area (Å²) in [7, 11) is -4.19. The number of hydrogen-bond acceptors (Lipinski definition) is 4. The first-order valence-corrected chi connectivity index (χ1v) is 14.8. The van der Waals surface area contributed by atoms with E-state index in [2.05, 4.69) is 5.32 Å². The summed E-state index contributed by atoms with van der Waals surface area (Å²) < 4.78 is 28.6. The summed E-state index contributed by atoms with van der Waals surface area (Å²) in [5.41, 5.74) is 1.39. The smallest absolute Gasteiger partial charge is 0.264 e. The summed E-state index contributed by atoms with van der Waals surface area (Å²) in [4.78, 5) is 28.2. The molecule has 0 aliphatic rings. The molecule has 7 nitrogen and oxygen atoms in total. The second-order valence-electron chi connectivity index (χ2n) is 9.32. The quantitative estimate of drug-likeness (QED) is 0.301. The average Bonchev–Trinajstić information content (AvgIpc) is 2.88. The van der Waals surface area contributed by atoms with Gasteiger partial charge in [0.1, 0.15) is 12.6 Å². The van der Waals surface area contributed by atoms with E-state index >= 15 is 0 Å². The lowest BCUT2D eigenvalue weighted by Gasteiger charge is -2.32. The van der Waals surface area contributed by atoms with Gasteiger partial charge < -0.3 is 10.2 Å². The van der Waals surface area contributed by atoms with E-state index in [4.69, 9.17) is 34.8 Å². The van der Waals surface area contributed by atoms with Crippen LogP contribution in [-0.2, 0) is 26.2 Å². The molecule has 3 rings (SSSR count). The van der Waals surface area contributed by atoms with Crippen LogP contribution in [0.3, 0.4) is 0 Å². The van der Waals surface area contributed by atoms with Crippen LogP contribution in [0.5, 0.6) is 0 Å². The minimum atomic E-state index is -4.19. The van der Waals surface area contributed by atoms with Gasteiger partial charge in [-0.25, -0.2) is 8.42 Å². The number of aryl methyl sites for hydroxylation is 1. The fourth-order valence-corrected chi connectivity index (χ4v) is 5.95. The highest BCUT2D eigenvalue weighted by Gasteiger charge is 2.33. The van der Waals surface area contributed by atoms with Crippen molar-refractivity contribution in [1.29, 1.82) is 0 Å². The molecule has 1 atom stereocenters. The Balaban J connectivity index is 2.08. The minimum Gasteiger partial charge on any atom is -0.352 e. The molecule has 39 heavy (non-hydrogen) atoms. The van der Waals surface area contributed by atoms with E-state index in [1.165, 1.54) is 23.1 Å². The van der Waals surface area contributed by atoms with Crippen molar-refractivity contribution < 1.29 is 18.0 Å². The second kappa shape index (κ2) is 13.0. The van der Waals surface area contributed by atoms with Crippen LogP contribution in [0.1, 0.15) is 31.9 Å². The van der Waals surface area contributed by atoms with Crippen LogP contribution in [0.15, 0.2) is 71.6 Å². The number of nitrogens with one attached hydrogen (secondary N) is 1. The third-order valence-electron chi connectivity index (χ3n) is 6.04. The zero-order valence-corrected chi connectivity index (χ0v) is 25.1. The van der Waals surface area contributed by atoms with Crippen LogP contribution in [-0.4, -0.2) is 43.8 Å². The first-order chi connectivity index (χ1) is 18.3. The fourth-order valence-electron chi connectivity index (χ4n) is 3.83. The number of amides is 2. The molecule has 0 aromatic heterocycles. The number of sulfonamides is 1. The number of carbonyl (C=O) groups excluding carboxylic acids is 2. The van der Waals surface area contributed by atoms with Crippen molar-refractivity contribution in [3.8, 4) is 0 Å². The van der Waals surface area contributed by atoms with Gasteiger partial charge in [-0.15, -0.1) is 0 Å². The number of halogens is 3. The lowest BCUT2D eigenvalue weighted by atomic mass is 10.1. The van der Waals surface area contributed by atoms with Crippen molar-refractivity contribution in [1.82, 2.24) is 10.2 Å². The molecule has 0 unspecified atom stereocenters.